The summed E-state index contributed by atoms with van der Waals surface area (Å²) in [4.78, 5) is 44.1. The maximum Gasteiger partial charge on any atom is 0.322 e. The van der Waals surface area contributed by atoms with E-state index >= 15 is 0 Å². The van der Waals surface area contributed by atoms with Crippen molar-refractivity contribution in [2.45, 2.75) is 0 Å². The van der Waals surface area contributed by atoms with E-state index < -0.39 is 36.0 Å². The van der Waals surface area contributed by atoms with Crippen molar-refractivity contribution in [1.29, 1.82) is 0 Å². The Morgan fingerprint density at radius 2 is 1.96 bits per heavy atom. The quantitative estimate of drug-likeness (QED) is 0.249. The molecule has 0 atom stereocenters. The zero-order valence-electron chi connectivity index (χ0n) is 11.5. The lowest BCUT2D eigenvalue weighted by atomic mass is 10.4. The van der Waals surface area contributed by atoms with Crippen LogP contribution in [0.2, 0.25) is 5.15 Å². The highest BCUT2D eigenvalue weighted by atomic mass is 35.5. The van der Waals surface area contributed by atoms with Crippen molar-refractivity contribution in [3.8, 4) is 0 Å². The summed E-state index contributed by atoms with van der Waals surface area (Å²) in [6, 6.07) is 0. The van der Waals surface area contributed by atoms with Crippen LogP contribution in [-0.4, -0.2) is 51.9 Å². The molecule has 0 unspecified atom stereocenters. The Kier molecular flexibility index (Phi) is 6.17. The first kappa shape index (κ1) is 18.1. The molecule has 0 fully saturated rings. The number of anilines is 2. The fourth-order valence-corrected chi connectivity index (χ4v) is 1.43. The lowest BCUT2D eigenvalue weighted by molar-refractivity contribution is -0.135. The number of carbonyl (C=O) groups is 3. The van der Waals surface area contributed by atoms with Gasteiger partial charge in [-0.15, -0.1) is 0 Å². The second-order valence-electron chi connectivity index (χ2n) is 3.90. The van der Waals surface area contributed by atoms with E-state index in [0.717, 1.165) is 0 Å². The minimum Gasteiger partial charge on any atom is -0.480 e. The Labute approximate surface area is 134 Å². The molecule has 2 amide bonds. The third kappa shape index (κ3) is 5.37. The first-order valence-corrected chi connectivity index (χ1v) is 6.29. The summed E-state index contributed by atoms with van der Waals surface area (Å²) < 4.78 is 0. The number of hydrogen-bond donors (Lipinski definition) is 6. The van der Waals surface area contributed by atoms with E-state index in [2.05, 4.69) is 25.6 Å². The lowest BCUT2D eigenvalue weighted by Gasteiger charge is -2.08. The van der Waals surface area contributed by atoms with Gasteiger partial charge in [-0.25, -0.2) is 9.97 Å². The molecular formula is C10H13ClN8O4. The zero-order valence-corrected chi connectivity index (χ0v) is 12.3. The number of halogens is 1. The number of aromatic nitrogens is 2. The molecule has 0 aliphatic carbocycles. The van der Waals surface area contributed by atoms with Gasteiger partial charge in [-0.1, -0.05) is 11.6 Å². The first-order chi connectivity index (χ1) is 10.7. The third-order valence-electron chi connectivity index (χ3n) is 2.16. The minimum absolute atomic E-state index is 0.114. The normalized spacial score (nSPS) is 11.0. The van der Waals surface area contributed by atoms with Gasteiger partial charge in [-0.05, 0) is 0 Å². The van der Waals surface area contributed by atoms with Crippen LogP contribution in [0, 0.1) is 0 Å². The summed E-state index contributed by atoms with van der Waals surface area (Å²) >= 11 is 5.77. The first-order valence-electron chi connectivity index (χ1n) is 5.91. The van der Waals surface area contributed by atoms with Gasteiger partial charge in [0, 0.05) is 0 Å². The van der Waals surface area contributed by atoms with Gasteiger partial charge in [0.1, 0.15) is 6.54 Å². The second kappa shape index (κ2) is 7.86. The van der Waals surface area contributed by atoms with Crippen LogP contribution in [0.4, 0.5) is 11.6 Å². The van der Waals surface area contributed by atoms with Gasteiger partial charge >= 0.3 is 11.9 Å². The number of nitrogen functional groups attached to an aromatic ring is 1. The Bertz CT molecular complexity index is 677. The Morgan fingerprint density at radius 3 is 2.52 bits per heavy atom. The highest BCUT2D eigenvalue weighted by Gasteiger charge is 2.17. The fourth-order valence-electron chi connectivity index (χ4n) is 1.24. The number of aliphatic imine (C=N–C) groups is 1. The molecule has 0 aliphatic rings. The van der Waals surface area contributed by atoms with E-state index in [1.807, 2.05) is 0 Å². The maximum atomic E-state index is 11.9. The summed E-state index contributed by atoms with van der Waals surface area (Å²) in [5, 5.41) is 12.7. The van der Waals surface area contributed by atoms with Crippen molar-refractivity contribution in [3.05, 3.63) is 10.8 Å². The highest BCUT2D eigenvalue weighted by Crippen LogP contribution is 2.20. The molecule has 0 saturated heterocycles. The van der Waals surface area contributed by atoms with Crippen molar-refractivity contribution in [3.63, 3.8) is 0 Å². The monoisotopic (exact) mass is 344 g/mol. The molecule has 1 aromatic rings. The van der Waals surface area contributed by atoms with Crippen LogP contribution in [0.3, 0.4) is 0 Å². The van der Waals surface area contributed by atoms with Gasteiger partial charge in [0.15, 0.2) is 22.5 Å². The van der Waals surface area contributed by atoms with Crippen molar-refractivity contribution < 1.29 is 19.5 Å². The molecule has 0 aliphatic heterocycles. The molecule has 1 heterocycles. The summed E-state index contributed by atoms with van der Waals surface area (Å²) in [5.41, 5.74) is 15.5. The maximum absolute atomic E-state index is 11.9. The molecular weight excluding hydrogens is 332 g/mol. The molecule has 1 aromatic heterocycles. The molecule has 12 nitrogen and oxygen atoms in total. The minimum atomic E-state index is -1.16. The Morgan fingerprint density at radius 1 is 1.30 bits per heavy atom. The number of carboxylic acid groups (broad SMARTS) is 1. The van der Waals surface area contributed by atoms with Crippen LogP contribution in [0.1, 0.15) is 10.5 Å². The van der Waals surface area contributed by atoms with Gasteiger partial charge in [-0.3, -0.25) is 19.7 Å². The van der Waals surface area contributed by atoms with Gasteiger partial charge in [0.2, 0.25) is 11.9 Å². The number of nitrogens with one attached hydrogen (secondary N) is 2. The molecule has 9 N–H and O–H groups in total. The molecule has 0 spiro atoms. The number of amides is 2. The van der Waals surface area contributed by atoms with E-state index in [9.17, 15) is 14.4 Å². The highest BCUT2D eigenvalue weighted by molar-refractivity contribution is 6.32. The standard InChI is InChI=1S/C10H13ClN8O4/c11-6-8(15-2-4(21)22)18-7(13)5(17-6)9(23)19-10(14)16-3(20)1-12/h1-2,12H2,(H,21,22)(H3,13,15,18)(H3,14,16,19,20,23). The van der Waals surface area contributed by atoms with Crippen molar-refractivity contribution in [2.75, 3.05) is 24.1 Å². The van der Waals surface area contributed by atoms with Crippen LogP contribution in [0.15, 0.2) is 4.99 Å². The van der Waals surface area contributed by atoms with Gasteiger partial charge in [0.25, 0.3) is 0 Å². The number of nitrogens with two attached hydrogens (primary N) is 3. The summed E-state index contributed by atoms with van der Waals surface area (Å²) in [6.45, 7) is -0.820. The van der Waals surface area contributed by atoms with Crippen LogP contribution >= 0.6 is 11.6 Å². The lowest BCUT2D eigenvalue weighted by Crippen LogP contribution is -2.40. The predicted molar refractivity (Wildman–Crippen MR) is 80.7 cm³/mol. The van der Waals surface area contributed by atoms with Crippen LogP contribution in [0.25, 0.3) is 0 Å². The number of carboxylic acids is 1. The predicted octanol–water partition coefficient (Wildman–Crippen LogP) is -2.26. The molecule has 23 heavy (non-hydrogen) atoms. The van der Waals surface area contributed by atoms with E-state index in [-0.39, 0.29) is 23.3 Å². The largest absolute Gasteiger partial charge is 0.480 e. The van der Waals surface area contributed by atoms with E-state index in [4.69, 9.17) is 33.9 Å². The summed E-state index contributed by atoms with van der Waals surface area (Å²) in [6.07, 6.45) is 0. The van der Waals surface area contributed by atoms with Crippen molar-refractivity contribution >= 4 is 47.0 Å². The fraction of sp³-hybridized carbons (Fsp3) is 0.200. The third-order valence-corrected chi connectivity index (χ3v) is 2.43. The molecule has 0 bridgehead atoms. The SMILES string of the molecule is NCC(=O)NC(N)=NC(=O)c1nc(Cl)c(NCC(=O)O)nc1N. The smallest absolute Gasteiger partial charge is 0.322 e. The van der Waals surface area contributed by atoms with Crippen molar-refractivity contribution in [2.24, 2.45) is 16.5 Å². The number of guanidine groups is 1. The number of rotatable bonds is 5. The van der Waals surface area contributed by atoms with E-state index in [1.165, 1.54) is 0 Å². The summed E-state index contributed by atoms with van der Waals surface area (Å²) in [7, 11) is 0. The molecule has 0 radical (unpaired) electrons. The number of hydrogen-bond acceptors (Lipinski definition) is 8. The van der Waals surface area contributed by atoms with Crippen LogP contribution in [-0.2, 0) is 9.59 Å². The van der Waals surface area contributed by atoms with Crippen molar-refractivity contribution in [1.82, 2.24) is 15.3 Å². The number of aliphatic carboxylic acids is 1. The molecule has 124 valence electrons. The average Bonchev–Trinajstić information content (AvgIpc) is 2.46. The van der Waals surface area contributed by atoms with E-state index in [0.29, 0.717) is 0 Å². The van der Waals surface area contributed by atoms with Crippen LogP contribution in [0.5, 0.6) is 0 Å². The second-order valence-corrected chi connectivity index (χ2v) is 4.26. The Balaban J connectivity index is 2.98. The molecule has 1 rings (SSSR count). The van der Waals surface area contributed by atoms with Gasteiger partial charge in [0.05, 0.1) is 6.54 Å². The van der Waals surface area contributed by atoms with Gasteiger partial charge < -0.3 is 27.6 Å². The zero-order chi connectivity index (χ0) is 17.6. The van der Waals surface area contributed by atoms with Crippen LogP contribution < -0.4 is 27.8 Å². The summed E-state index contributed by atoms with van der Waals surface area (Å²) in [5.74, 6) is -3.78. The Hall–Kier alpha value is -2.99. The number of carbonyl (C=O) groups excluding carboxylic acids is 2. The topological polar surface area (TPSA) is 212 Å². The molecule has 13 heteroatoms. The molecule has 0 saturated carbocycles. The molecule has 0 aromatic carbocycles. The average molecular weight is 345 g/mol. The van der Waals surface area contributed by atoms with E-state index in [1.54, 1.807) is 0 Å². The number of nitrogens with zero attached hydrogens (tertiary/aromatic N) is 3. The van der Waals surface area contributed by atoms with Gasteiger partial charge in [-0.2, -0.15) is 4.99 Å².